The molecule has 0 spiro atoms. The molecule has 0 aromatic rings. The maximum Gasteiger partial charge on any atom is 0.241 e. The number of carbonyl (C=O) groups is 1. The van der Waals surface area contributed by atoms with E-state index < -0.39 is 0 Å². The van der Waals surface area contributed by atoms with Crippen molar-refractivity contribution in [2.45, 2.75) is 65.2 Å². The molecule has 1 saturated heterocycles. The number of amides is 1. The molecular weight excluding hydrogens is 238 g/mol. The van der Waals surface area contributed by atoms with Crippen molar-refractivity contribution in [2.75, 3.05) is 20.6 Å². The third-order valence-corrected chi connectivity index (χ3v) is 4.29. The second kappa shape index (κ2) is 6.23. The lowest BCUT2D eigenvalue weighted by molar-refractivity contribution is -0.132. The summed E-state index contributed by atoms with van der Waals surface area (Å²) in [6.07, 6.45) is 2.32. The molecule has 4 heteroatoms. The summed E-state index contributed by atoms with van der Waals surface area (Å²) >= 11 is 0. The van der Waals surface area contributed by atoms with Crippen LogP contribution in [0.1, 0.15) is 47.5 Å². The van der Waals surface area contributed by atoms with E-state index >= 15 is 0 Å². The maximum absolute atomic E-state index is 12.6. The van der Waals surface area contributed by atoms with Crippen molar-refractivity contribution in [3.8, 4) is 0 Å². The Morgan fingerprint density at radius 3 is 2.37 bits per heavy atom. The highest BCUT2D eigenvalue weighted by atomic mass is 16.2. The smallest absolute Gasteiger partial charge is 0.241 e. The van der Waals surface area contributed by atoms with Crippen molar-refractivity contribution in [3.05, 3.63) is 0 Å². The Kier molecular flexibility index (Phi) is 5.39. The van der Waals surface area contributed by atoms with Gasteiger partial charge in [0, 0.05) is 12.1 Å². The number of carbonyl (C=O) groups excluding carboxylic acids is 1. The van der Waals surface area contributed by atoms with Crippen molar-refractivity contribution >= 4 is 5.91 Å². The fraction of sp³-hybridized carbons (Fsp3) is 0.933. The monoisotopic (exact) mass is 269 g/mol. The Balaban J connectivity index is 2.85. The van der Waals surface area contributed by atoms with Crippen molar-refractivity contribution in [2.24, 2.45) is 5.92 Å². The Morgan fingerprint density at radius 2 is 1.95 bits per heavy atom. The highest BCUT2D eigenvalue weighted by molar-refractivity contribution is 5.84. The number of nitrogens with one attached hydrogen (secondary N) is 1. The van der Waals surface area contributed by atoms with Gasteiger partial charge in [0.15, 0.2) is 0 Å². The molecule has 0 aromatic heterocycles. The van der Waals surface area contributed by atoms with Gasteiger partial charge in [-0.1, -0.05) is 27.2 Å². The van der Waals surface area contributed by atoms with E-state index in [-0.39, 0.29) is 23.7 Å². The molecule has 112 valence electrons. The van der Waals surface area contributed by atoms with Crippen LogP contribution in [-0.2, 0) is 4.79 Å². The number of rotatable bonds is 6. The van der Waals surface area contributed by atoms with Gasteiger partial charge in [0.25, 0.3) is 0 Å². The van der Waals surface area contributed by atoms with Crippen molar-refractivity contribution < 1.29 is 4.79 Å². The molecule has 1 rings (SSSR count). The Labute approximate surface area is 118 Å². The van der Waals surface area contributed by atoms with Gasteiger partial charge in [-0.05, 0) is 40.3 Å². The van der Waals surface area contributed by atoms with E-state index in [1.165, 1.54) is 0 Å². The number of hydrogen-bond donors (Lipinski definition) is 1. The third-order valence-electron chi connectivity index (χ3n) is 4.29. The van der Waals surface area contributed by atoms with Gasteiger partial charge in [0.05, 0.1) is 12.2 Å². The summed E-state index contributed by atoms with van der Waals surface area (Å²) in [5.74, 6) is 0.614. The van der Waals surface area contributed by atoms with E-state index in [0.29, 0.717) is 5.92 Å². The molecule has 1 heterocycles. The first-order valence-corrected chi connectivity index (χ1v) is 7.44. The normalized spacial score (nSPS) is 24.9. The Hall–Kier alpha value is -0.610. The van der Waals surface area contributed by atoms with E-state index in [9.17, 15) is 4.79 Å². The minimum atomic E-state index is -0.0190. The first kappa shape index (κ1) is 16.4. The molecule has 0 aromatic carbocycles. The highest BCUT2D eigenvalue weighted by Gasteiger charge is 2.42. The fourth-order valence-electron chi connectivity index (χ4n) is 2.44. The predicted octanol–water partition coefficient (Wildman–Crippen LogP) is 1.91. The second-order valence-corrected chi connectivity index (χ2v) is 6.87. The lowest BCUT2D eigenvalue weighted by atomic mass is 10.0. The number of likely N-dealkylation sites (N-methyl/N-ethyl adjacent to an activating group) is 1. The lowest BCUT2D eigenvalue weighted by Gasteiger charge is -2.38. The van der Waals surface area contributed by atoms with Gasteiger partial charge in [-0.25, -0.2) is 0 Å². The zero-order chi connectivity index (χ0) is 14.8. The van der Waals surface area contributed by atoms with E-state index in [4.69, 9.17) is 0 Å². The van der Waals surface area contributed by atoms with Crippen LogP contribution in [0.25, 0.3) is 0 Å². The fourth-order valence-corrected chi connectivity index (χ4v) is 2.44. The van der Waals surface area contributed by atoms with E-state index in [0.717, 1.165) is 19.4 Å². The van der Waals surface area contributed by atoms with Crippen LogP contribution in [0.5, 0.6) is 0 Å². The van der Waals surface area contributed by atoms with Crippen LogP contribution in [0.2, 0.25) is 0 Å². The molecule has 0 bridgehead atoms. The third kappa shape index (κ3) is 3.69. The van der Waals surface area contributed by atoms with Gasteiger partial charge < -0.3 is 9.80 Å². The minimum absolute atomic E-state index is 0.00476. The van der Waals surface area contributed by atoms with E-state index in [2.05, 4.69) is 58.9 Å². The van der Waals surface area contributed by atoms with Crippen LogP contribution in [0, 0.1) is 5.92 Å². The summed E-state index contributed by atoms with van der Waals surface area (Å²) in [7, 11) is 4.14. The van der Waals surface area contributed by atoms with Gasteiger partial charge in [-0.3, -0.25) is 10.1 Å². The first-order valence-electron chi connectivity index (χ1n) is 7.44. The predicted molar refractivity (Wildman–Crippen MR) is 79.9 cm³/mol. The minimum Gasteiger partial charge on any atom is -0.324 e. The number of nitrogens with zero attached hydrogens (tertiary/aromatic N) is 2. The van der Waals surface area contributed by atoms with Gasteiger partial charge in [0.2, 0.25) is 5.91 Å². The molecule has 2 atom stereocenters. The molecule has 0 radical (unpaired) electrons. The summed E-state index contributed by atoms with van der Waals surface area (Å²) in [6.45, 7) is 11.5. The second-order valence-electron chi connectivity index (χ2n) is 6.87. The molecule has 0 aliphatic carbocycles. The molecule has 1 N–H and O–H groups in total. The van der Waals surface area contributed by atoms with Crippen LogP contribution < -0.4 is 5.32 Å². The zero-order valence-corrected chi connectivity index (χ0v) is 13.7. The van der Waals surface area contributed by atoms with E-state index in [1.54, 1.807) is 0 Å². The van der Waals surface area contributed by atoms with Crippen molar-refractivity contribution in [1.82, 2.24) is 15.1 Å². The van der Waals surface area contributed by atoms with Crippen molar-refractivity contribution in [1.29, 1.82) is 0 Å². The van der Waals surface area contributed by atoms with Gasteiger partial charge in [0.1, 0.15) is 0 Å². The average Bonchev–Trinajstić information content (AvgIpc) is 2.57. The largest absolute Gasteiger partial charge is 0.324 e. The Morgan fingerprint density at radius 1 is 1.37 bits per heavy atom. The summed E-state index contributed by atoms with van der Waals surface area (Å²) in [5, 5.41) is 3.51. The molecule has 2 unspecified atom stereocenters. The maximum atomic E-state index is 12.6. The standard InChI is InChI=1S/C15H31N3O/c1-8-9-12-16-13(11(2)3)14(19)18(12)10-15(4,5)17(6)7/h11-13,16H,8-10H2,1-7H3. The summed E-state index contributed by atoms with van der Waals surface area (Å²) in [5.41, 5.74) is -0.00476. The zero-order valence-electron chi connectivity index (χ0n) is 13.7. The van der Waals surface area contributed by atoms with Gasteiger partial charge in [-0.15, -0.1) is 0 Å². The first-order chi connectivity index (χ1) is 8.70. The average molecular weight is 269 g/mol. The topological polar surface area (TPSA) is 35.6 Å². The van der Waals surface area contributed by atoms with Gasteiger partial charge >= 0.3 is 0 Å². The highest BCUT2D eigenvalue weighted by Crippen LogP contribution is 2.23. The quantitative estimate of drug-likeness (QED) is 0.800. The summed E-state index contributed by atoms with van der Waals surface area (Å²) in [4.78, 5) is 16.8. The van der Waals surface area contributed by atoms with Gasteiger partial charge in [-0.2, -0.15) is 0 Å². The summed E-state index contributed by atoms with van der Waals surface area (Å²) < 4.78 is 0. The molecule has 0 saturated carbocycles. The molecular formula is C15H31N3O. The molecule has 1 aliphatic heterocycles. The van der Waals surface area contributed by atoms with Crippen LogP contribution in [0.3, 0.4) is 0 Å². The van der Waals surface area contributed by atoms with Crippen molar-refractivity contribution in [3.63, 3.8) is 0 Å². The van der Waals surface area contributed by atoms with Crippen LogP contribution >= 0.6 is 0 Å². The SMILES string of the molecule is CCCC1NC(C(C)C)C(=O)N1CC(C)(C)N(C)C. The van der Waals surface area contributed by atoms with Crippen LogP contribution in [-0.4, -0.2) is 54.1 Å². The molecule has 1 fully saturated rings. The molecule has 1 amide bonds. The Bertz CT molecular complexity index is 313. The number of hydrogen-bond acceptors (Lipinski definition) is 3. The molecule has 1 aliphatic rings. The summed E-state index contributed by atoms with van der Waals surface area (Å²) in [6, 6.07) is -0.0190. The van der Waals surface area contributed by atoms with E-state index in [1.807, 2.05) is 4.90 Å². The molecule has 19 heavy (non-hydrogen) atoms. The van der Waals surface area contributed by atoms with Crippen LogP contribution in [0.4, 0.5) is 0 Å². The molecule has 4 nitrogen and oxygen atoms in total. The lowest BCUT2D eigenvalue weighted by Crippen LogP contribution is -2.51. The van der Waals surface area contributed by atoms with Crippen LogP contribution in [0.15, 0.2) is 0 Å².